The second-order valence-corrected chi connectivity index (χ2v) is 11.0. The topological polar surface area (TPSA) is 96.3 Å². The number of nitriles is 1. The molecule has 2 N–H and O–H groups in total. The van der Waals surface area contributed by atoms with Gasteiger partial charge in [-0.3, -0.25) is 5.10 Å². The third-order valence-corrected chi connectivity index (χ3v) is 8.31. The molecule has 2 aliphatic heterocycles. The average Bonchev–Trinajstić information content (AvgIpc) is 3.54. The van der Waals surface area contributed by atoms with Gasteiger partial charge >= 0.3 is 12.2 Å². The number of aliphatic hydroxyl groups is 1. The van der Waals surface area contributed by atoms with Crippen LogP contribution >= 0.6 is 0 Å². The van der Waals surface area contributed by atoms with Crippen molar-refractivity contribution in [2.45, 2.75) is 56.5 Å². The van der Waals surface area contributed by atoms with E-state index in [-0.39, 0.29) is 35.8 Å². The second kappa shape index (κ2) is 10.0. The highest BCUT2D eigenvalue weighted by molar-refractivity contribution is 5.75. The van der Waals surface area contributed by atoms with Gasteiger partial charge in [0, 0.05) is 56.2 Å². The third-order valence-electron chi connectivity index (χ3n) is 8.31. The van der Waals surface area contributed by atoms with Crippen molar-refractivity contribution in [2.24, 2.45) is 11.3 Å². The maximum Gasteiger partial charge on any atom is 0.416 e. The molecule has 1 saturated carbocycles. The molecule has 2 unspecified atom stereocenters. The molecule has 2 saturated heterocycles. The number of rotatable bonds is 5. The summed E-state index contributed by atoms with van der Waals surface area (Å²) in [4.78, 5) is 17.1. The van der Waals surface area contributed by atoms with Gasteiger partial charge in [-0.25, -0.2) is 4.79 Å². The number of piperidine rings is 2. The van der Waals surface area contributed by atoms with Crippen molar-refractivity contribution in [1.82, 2.24) is 20.0 Å². The molecule has 0 spiro atoms. The van der Waals surface area contributed by atoms with Crippen molar-refractivity contribution in [2.75, 3.05) is 32.8 Å². The summed E-state index contributed by atoms with van der Waals surface area (Å²) >= 11 is 0. The van der Waals surface area contributed by atoms with E-state index < -0.39 is 11.7 Å². The van der Waals surface area contributed by atoms with Crippen LogP contribution in [-0.4, -0.2) is 63.9 Å². The molecule has 2 amide bonds. The van der Waals surface area contributed by atoms with E-state index in [9.17, 15) is 28.3 Å². The van der Waals surface area contributed by atoms with Crippen LogP contribution in [-0.2, 0) is 12.6 Å². The van der Waals surface area contributed by atoms with Gasteiger partial charge in [-0.15, -0.1) is 0 Å². The van der Waals surface area contributed by atoms with E-state index in [2.05, 4.69) is 16.3 Å². The van der Waals surface area contributed by atoms with Crippen LogP contribution in [0.1, 0.15) is 66.5 Å². The Balaban J connectivity index is 1.36. The molecule has 1 aliphatic carbocycles. The van der Waals surface area contributed by atoms with Crippen molar-refractivity contribution in [3.8, 4) is 6.07 Å². The number of H-pyrrole nitrogens is 1. The number of aliphatic hydroxyl groups excluding tert-OH is 1. The molecular formula is C27H32F3N5O2. The first-order valence-corrected chi connectivity index (χ1v) is 13.0. The molecule has 2 atom stereocenters. The van der Waals surface area contributed by atoms with Gasteiger partial charge in [0.1, 0.15) is 0 Å². The number of aromatic amines is 1. The maximum atomic E-state index is 13.5. The minimum atomic E-state index is -4.40. The summed E-state index contributed by atoms with van der Waals surface area (Å²) < 4.78 is 39.3. The van der Waals surface area contributed by atoms with Crippen LogP contribution < -0.4 is 0 Å². The normalized spacial score (nSPS) is 24.1. The van der Waals surface area contributed by atoms with Crippen LogP contribution in [0, 0.1) is 22.7 Å². The molecule has 3 heterocycles. The molecular weight excluding hydrogens is 483 g/mol. The number of urea groups is 1. The van der Waals surface area contributed by atoms with Gasteiger partial charge in [-0.1, -0.05) is 12.1 Å². The lowest BCUT2D eigenvalue weighted by Gasteiger charge is -2.41. The highest BCUT2D eigenvalue weighted by Crippen LogP contribution is 2.48. The summed E-state index contributed by atoms with van der Waals surface area (Å²) in [7, 11) is 0. The Morgan fingerprint density at radius 3 is 2.41 bits per heavy atom. The Hall–Kier alpha value is -3.06. The van der Waals surface area contributed by atoms with Crippen LogP contribution in [0.3, 0.4) is 0 Å². The Morgan fingerprint density at radius 1 is 1.14 bits per heavy atom. The molecule has 0 bridgehead atoms. The number of carbonyl (C=O) groups excluding carboxylic acids is 1. The number of amides is 2. The van der Waals surface area contributed by atoms with E-state index in [0.717, 1.165) is 48.3 Å². The molecule has 0 radical (unpaired) electrons. The molecule has 7 nitrogen and oxygen atoms in total. The first-order chi connectivity index (χ1) is 17.7. The minimum absolute atomic E-state index is 0.0331. The number of nitrogens with one attached hydrogen (secondary N) is 1. The highest BCUT2D eigenvalue weighted by Gasteiger charge is 2.43. The van der Waals surface area contributed by atoms with Crippen molar-refractivity contribution in [1.29, 1.82) is 5.26 Å². The number of hydrogen-bond acceptors (Lipinski definition) is 4. The lowest BCUT2D eigenvalue weighted by molar-refractivity contribution is -0.137. The van der Waals surface area contributed by atoms with E-state index in [1.807, 2.05) is 6.07 Å². The summed E-state index contributed by atoms with van der Waals surface area (Å²) in [6.07, 6.45) is 0.270. The largest absolute Gasteiger partial charge is 0.416 e. The summed E-state index contributed by atoms with van der Waals surface area (Å²) in [6.45, 7) is 2.09. The fraction of sp³-hybridized carbons (Fsp3) is 0.593. The smallest absolute Gasteiger partial charge is 0.396 e. The highest BCUT2D eigenvalue weighted by atomic mass is 19.4. The van der Waals surface area contributed by atoms with Gasteiger partial charge in [0.15, 0.2) is 0 Å². The van der Waals surface area contributed by atoms with E-state index in [1.54, 1.807) is 9.80 Å². The zero-order valence-corrected chi connectivity index (χ0v) is 20.7. The number of likely N-dealkylation sites (tertiary alicyclic amines) is 2. The molecule has 10 heteroatoms. The molecule has 3 aliphatic rings. The molecule has 1 aromatic carbocycles. The van der Waals surface area contributed by atoms with Gasteiger partial charge in [0.05, 0.1) is 17.3 Å². The molecule has 37 heavy (non-hydrogen) atoms. The van der Waals surface area contributed by atoms with Gasteiger partial charge in [0.25, 0.3) is 0 Å². The predicted octanol–water partition coefficient (Wildman–Crippen LogP) is 4.67. The monoisotopic (exact) mass is 515 g/mol. The Labute approximate surface area is 214 Å². The predicted molar refractivity (Wildman–Crippen MR) is 129 cm³/mol. The van der Waals surface area contributed by atoms with E-state index in [4.69, 9.17) is 0 Å². The Kier molecular flexibility index (Phi) is 6.92. The van der Waals surface area contributed by atoms with Crippen LogP contribution in [0.4, 0.5) is 18.0 Å². The molecule has 198 valence electrons. The van der Waals surface area contributed by atoms with Gasteiger partial charge in [-0.05, 0) is 67.7 Å². The maximum absolute atomic E-state index is 13.5. The van der Waals surface area contributed by atoms with Crippen molar-refractivity contribution >= 4 is 6.03 Å². The summed E-state index contributed by atoms with van der Waals surface area (Å²) in [5.74, 6) is -0.237. The van der Waals surface area contributed by atoms with E-state index in [0.29, 0.717) is 45.4 Å². The SMILES string of the molecule is N#CC1CCN(C(=O)N2CC(c3ccc(C(F)(F)F)cc3)CC(c3cc(CC4(CO)CC4)[nH]n3)C2)CC1. The van der Waals surface area contributed by atoms with E-state index >= 15 is 0 Å². The fourth-order valence-corrected chi connectivity index (χ4v) is 5.71. The van der Waals surface area contributed by atoms with Gasteiger partial charge < -0.3 is 14.9 Å². The van der Waals surface area contributed by atoms with Gasteiger partial charge in [-0.2, -0.15) is 23.5 Å². The molecule has 3 fully saturated rings. The number of aromatic nitrogens is 2. The quantitative estimate of drug-likeness (QED) is 0.605. The van der Waals surface area contributed by atoms with E-state index in [1.165, 1.54) is 12.1 Å². The van der Waals surface area contributed by atoms with Crippen LogP contribution in [0.25, 0.3) is 0 Å². The van der Waals surface area contributed by atoms with Gasteiger partial charge in [0.2, 0.25) is 0 Å². The number of alkyl halides is 3. The summed E-state index contributed by atoms with van der Waals surface area (Å²) in [5, 5.41) is 26.5. The third kappa shape index (κ3) is 5.61. The van der Waals surface area contributed by atoms with Crippen molar-refractivity contribution in [3.63, 3.8) is 0 Å². The first-order valence-electron chi connectivity index (χ1n) is 13.0. The second-order valence-electron chi connectivity index (χ2n) is 11.0. The van der Waals surface area contributed by atoms with Crippen molar-refractivity contribution in [3.05, 3.63) is 52.8 Å². The average molecular weight is 516 g/mol. The van der Waals surface area contributed by atoms with Crippen molar-refractivity contribution < 1.29 is 23.1 Å². The standard InChI is InChI=1S/C27H32F3N5O2/c28-27(29,30)22-3-1-19(2-4-22)20-11-21(24-12-23(32-33-24)13-26(17-36)7-8-26)16-35(15-20)25(37)34-9-5-18(14-31)6-10-34/h1-4,12,18,20-21,36H,5-11,13,15-17H2,(H,32,33). The molecule has 5 rings (SSSR count). The Bertz CT molecular complexity index is 1140. The lowest BCUT2D eigenvalue weighted by atomic mass is 9.82. The minimum Gasteiger partial charge on any atom is -0.396 e. The Morgan fingerprint density at radius 2 is 1.81 bits per heavy atom. The van der Waals surface area contributed by atoms with Crippen LogP contribution in [0.5, 0.6) is 0 Å². The lowest BCUT2D eigenvalue weighted by Crippen LogP contribution is -2.51. The number of carbonyl (C=O) groups is 1. The first kappa shape index (κ1) is 25.6. The molecule has 2 aromatic rings. The number of halogens is 3. The summed E-state index contributed by atoms with van der Waals surface area (Å²) in [5.41, 5.74) is 1.81. The zero-order chi connectivity index (χ0) is 26.2. The molecule has 1 aromatic heterocycles. The number of hydrogen-bond donors (Lipinski definition) is 2. The number of benzene rings is 1. The van der Waals surface area contributed by atoms with Crippen LogP contribution in [0.2, 0.25) is 0 Å². The fourth-order valence-electron chi connectivity index (χ4n) is 5.71. The van der Waals surface area contributed by atoms with Crippen LogP contribution in [0.15, 0.2) is 30.3 Å². The zero-order valence-electron chi connectivity index (χ0n) is 20.7. The summed E-state index contributed by atoms with van der Waals surface area (Å²) in [6, 6.07) is 9.45. The number of nitrogens with zero attached hydrogens (tertiary/aromatic N) is 4.